The minimum Gasteiger partial charge on any atom is -0.507 e. The Bertz CT molecular complexity index is 1260. The fourth-order valence-corrected chi connectivity index (χ4v) is 3.98. The van der Waals surface area contributed by atoms with Gasteiger partial charge in [0.05, 0.1) is 30.7 Å². The molecule has 0 radical (unpaired) electrons. The number of phenolic OH excluding ortho intramolecular Hbond substituents is 1. The van der Waals surface area contributed by atoms with Gasteiger partial charge in [0.2, 0.25) is 5.43 Å². The van der Waals surface area contributed by atoms with Gasteiger partial charge in [-0.2, -0.15) is 0 Å². The number of fused-ring (bicyclic) bond motifs is 1. The molecule has 0 saturated heterocycles. The average molecular weight is 416 g/mol. The average Bonchev–Trinajstić information content (AvgIpc) is 2.77. The van der Waals surface area contributed by atoms with Gasteiger partial charge in [-0.25, -0.2) is 0 Å². The summed E-state index contributed by atoms with van der Waals surface area (Å²) in [7, 11) is 3.66. The van der Waals surface area contributed by atoms with E-state index < -0.39 is 0 Å². The standard InChI is InChI=1S/C26H25NO4/c1-17-24(19-9-11-20(30-3)12-10-19)25(29)21-13-14-23(28)22(26(21)31-17)16-27(2)15-18-7-5-4-6-8-18/h4-14,28H,15-16H2,1-3H3/p+1. The molecular weight excluding hydrogens is 390 g/mol. The number of nitrogens with one attached hydrogen (secondary N) is 1. The highest BCUT2D eigenvalue weighted by molar-refractivity contribution is 5.86. The van der Waals surface area contributed by atoms with E-state index in [-0.39, 0.29) is 11.2 Å². The maximum absolute atomic E-state index is 13.4. The van der Waals surface area contributed by atoms with Gasteiger partial charge in [0, 0.05) is 5.56 Å². The topological polar surface area (TPSA) is 64.1 Å². The zero-order valence-corrected chi connectivity index (χ0v) is 17.9. The second kappa shape index (κ2) is 8.66. The first-order valence-corrected chi connectivity index (χ1v) is 10.3. The molecule has 2 N–H and O–H groups in total. The molecule has 0 bridgehead atoms. The van der Waals surface area contributed by atoms with Crippen LogP contribution in [0.3, 0.4) is 0 Å². The molecule has 1 aromatic heterocycles. The first-order chi connectivity index (χ1) is 15.0. The van der Waals surface area contributed by atoms with E-state index in [9.17, 15) is 9.90 Å². The molecular formula is C26H26NO4+. The van der Waals surface area contributed by atoms with Crippen LogP contribution in [0, 0.1) is 6.92 Å². The summed E-state index contributed by atoms with van der Waals surface area (Å²) in [6.07, 6.45) is 0. The first kappa shape index (κ1) is 20.7. The van der Waals surface area contributed by atoms with Crippen LogP contribution in [0.4, 0.5) is 0 Å². The third-order valence-electron chi connectivity index (χ3n) is 5.52. The largest absolute Gasteiger partial charge is 0.507 e. The second-order valence-electron chi connectivity index (χ2n) is 7.83. The Morgan fingerprint density at radius 1 is 0.968 bits per heavy atom. The summed E-state index contributed by atoms with van der Waals surface area (Å²) in [4.78, 5) is 14.5. The summed E-state index contributed by atoms with van der Waals surface area (Å²) in [5.41, 5.74) is 3.50. The van der Waals surface area contributed by atoms with E-state index in [0.29, 0.717) is 34.4 Å². The fourth-order valence-electron chi connectivity index (χ4n) is 3.98. The highest BCUT2D eigenvalue weighted by Gasteiger charge is 2.20. The lowest BCUT2D eigenvalue weighted by molar-refractivity contribution is -0.907. The van der Waals surface area contributed by atoms with Gasteiger partial charge in [-0.15, -0.1) is 0 Å². The molecule has 0 aliphatic rings. The minimum absolute atomic E-state index is 0.106. The summed E-state index contributed by atoms with van der Waals surface area (Å²) in [6.45, 7) is 3.11. The van der Waals surface area contributed by atoms with Crippen molar-refractivity contribution in [3.63, 3.8) is 0 Å². The van der Waals surface area contributed by atoms with E-state index >= 15 is 0 Å². The number of hydrogen-bond donors (Lipinski definition) is 2. The molecule has 0 saturated carbocycles. The fraction of sp³-hybridized carbons (Fsp3) is 0.192. The molecule has 0 spiro atoms. The number of rotatable bonds is 6. The Morgan fingerprint density at radius 2 is 1.68 bits per heavy atom. The molecule has 4 rings (SSSR count). The van der Waals surface area contributed by atoms with Crippen molar-refractivity contribution in [3.05, 3.63) is 93.8 Å². The van der Waals surface area contributed by atoms with E-state index in [4.69, 9.17) is 9.15 Å². The summed E-state index contributed by atoms with van der Waals surface area (Å²) < 4.78 is 11.4. The number of aryl methyl sites for hydroxylation is 1. The lowest BCUT2D eigenvalue weighted by Crippen LogP contribution is -3.06. The molecule has 1 atom stereocenters. The molecule has 4 aromatic rings. The predicted octanol–water partition coefficient (Wildman–Crippen LogP) is 3.70. The Kier molecular flexibility index (Phi) is 5.78. The lowest BCUT2D eigenvalue weighted by atomic mass is 10.0. The van der Waals surface area contributed by atoms with E-state index in [1.807, 2.05) is 42.5 Å². The Hall–Kier alpha value is -3.57. The smallest absolute Gasteiger partial charge is 0.200 e. The van der Waals surface area contributed by atoms with Crippen LogP contribution in [-0.4, -0.2) is 19.3 Å². The van der Waals surface area contributed by atoms with Crippen molar-refractivity contribution in [1.82, 2.24) is 0 Å². The lowest BCUT2D eigenvalue weighted by Gasteiger charge is -2.17. The van der Waals surface area contributed by atoms with Gasteiger partial charge >= 0.3 is 0 Å². The van der Waals surface area contributed by atoms with Crippen molar-refractivity contribution >= 4 is 11.0 Å². The number of ether oxygens (including phenoxy) is 1. The number of quaternary nitrogens is 1. The van der Waals surface area contributed by atoms with Crippen molar-refractivity contribution in [1.29, 1.82) is 0 Å². The molecule has 0 aliphatic heterocycles. The number of hydrogen-bond acceptors (Lipinski definition) is 4. The van der Waals surface area contributed by atoms with Crippen molar-refractivity contribution < 1.29 is 19.2 Å². The van der Waals surface area contributed by atoms with Crippen molar-refractivity contribution in [3.8, 4) is 22.6 Å². The van der Waals surface area contributed by atoms with Crippen LogP contribution in [0.1, 0.15) is 16.9 Å². The van der Waals surface area contributed by atoms with Crippen LogP contribution in [0.25, 0.3) is 22.1 Å². The number of methoxy groups -OCH3 is 1. The highest BCUT2D eigenvalue weighted by Crippen LogP contribution is 2.30. The van der Waals surface area contributed by atoms with Gasteiger partial charge in [0.1, 0.15) is 30.3 Å². The van der Waals surface area contributed by atoms with Gasteiger partial charge in [0.15, 0.2) is 5.58 Å². The maximum atomic E-state index is 13.4. The van der Waals surface area contributed by atoms with E-state index in [0.717, 1.165) is 17.9 Å². The zero-order chi connectivity index (χ0) is 22.0. The highest BCUT2D eigenvalue weighted by atomic mass is 16.5. The molecule has 31 heavy (non-hydrogen) atoms. The molecule has 1 heterocycles. The summed E-state index contributed by atoms with van der Waals surface area (Å²) in [5.74, 6) is 1.39. The monoisotopic (exact) mass is 416 g/mol. The van der Waals surface area contributed by atoms with Gasteiger partial charge in [-0.3, -0.25) is 4.79 Å². The van der Waals surface area contributed by atoms with E-state index in [1.165, 1.54) is 10.5 Å². The van der Waals surface area contributed by atoms with Crippen LogP contribution < -0.4 is 15.1 Å². The third kappa shape index (κ3) is 4.18. The molecule has 1 unspecified atom stereocenters. The number of benzene rings is 3. The van der Waals surface area contributed by atoms with Gasteiger partial charge in [0.25, 0.3) is 0 Å². The molecule has 3 aromatic carbocycles. The van der Waals surface area contributed by atoms with Crippen LogP contribution >= 0.6 is 0 Å². The van der Waals surface area contributed by atoms with Crippen LogP contribution in [0.2, 0.25) is 0 Å². The molecule has 5 nitrogen and oxygen atoms in total. The molecule has 158 valence electrons. The predicted molar refractivity (Wildman–Crippen MR) is 122 cm³/mol. The van der Waals surface area contributed by atoms with Gasteiger partial charge in [-0.05, 0) is 36.8 Å². The van der Waals surface area contributed by atoms with Crippen molar-refractivity contribution in [2.75, 3.05) is 14.2 Å². The Balaban J connectivity index is 1.75. The molecule has 0 fully saturated rings. The molecule has 5 heteroatoms. The van der Waals surface area contributed by atoms with E-state index in [2.05, 4.69) is 19.2 Å². The molecule has 0 aliphatic carbocycles. The van der Waals surface area contributed by atoms with Gasteiger partial charge < -0.3 is 19.2 Å². The second-order valence-corrected chi connectivity index (χ2v) is 7.83. The Morgan fingerprint density at radius 3 is 2.35 bits per heavy atom. The maximum Gasteiger partial charge on any atom is 0.200 e. The molecule has 0 amide bonds. The Labute approximate surface area is 181 Å². The third-order valence-corrected chi connectivity index (χ3v) is 5.52. The van der Waals surface area contributed by atoms with E-state index in [1.54, 1.807) is 26.2 Å². The van der Waals surface area contributed by atoms with Crippen molar-refractivity contribution in [2.45, 2.75) is 20.0 Å². The zero-order valence-electron chi connectivity index (χ0n) is 17.9. The first-order valence-electron chi connectivity index (χ1n) is 10.3. The quantitative estimate of drug-likeness (QED) is 0.503. The number of aromatic hydroxyl groups is 1. The summed E-state index contributed by atoms with van der Waals surface area (Å²) >= 11 is 0. The normalized spacial score (nSPS) is 12.1. The van der Waals surface area contributed by atoms with Crippen molar-refractivity contribution in [2.24, 2.45) is 0 Å². The van der Waals surface area contributed by atoms with Crippen LogP contribution in [0.5, 0.6) is 11.5 Å². The summed E-state index contributed by atoms with van der Waals surface area (Å²) in [6, 6.07) is 20.7. The summed E-state index contributed by atoms with van der Waals surface area (Å²) in [5, 5.41) is 11.0. The SMILES string of the molecule is COc1ccc(-c2c(C)oc3c(C[NH+](C)Cc4ccccc4)c(O)ccc3c2=O)cc1. The van der Waals surface area contributed by atoms with Crippen LogP contribution in [0.15, 0.2) is 75.9 Å². The van der Waals surface area contributed by atoms with Gasteiger partial charge in [-0.1, -0.05) is 42.5 Å². The number of phenols is 1. The minimum atomic E-state index is -0.106. The van der Waals surface area contributed by atoms with Crippen LogP contribution in [-0.2, 0) is 13.1 Å².